The number of carbonyl (C=O) groups is 1. The Morgan fingerprint density at radius 2 is 1.80 bits per heavy atom. The molecule has 3 nitrogen and oxygen atoms in total. The Balaban J connectivity index is 1.60. The standard InChI is InChI=1S/C21H20N2OS/c1-16-7-5-6-10-19(16)22-12-11-18(14-22)21-23(20(24)15-25-21)13-17-8-3-2-4-9-17/h2-12,14,21H,13,15H2,1H3. The zero-order valence-corrected chi connectivity index (χ0v) is 14.9. The Labute approximate surface area is 152 Å². The van der Waals surface area contributed by atoms with Crippen LogP contribution in [0.3, 0.4) is 0 Å². The third-order valence-corrected chi connectivity index (χ3v) is 5.81. The Morgan fingerprint density at radius 3 is 2.60 bits per heavy atom. The Morgan fingerprint density at radius 1 is 1.04 bits per heavy atom. The number of rotatable bonds is 4. The van der Waals surface area contributed by atoms with Crippen molar-refractivity contribution in [2.75, 3.05) is 5.75 Å². The van der Waals surface area contributed by atoms with Crippen molar-refractivity contribution in [3.8, 4) is 5.69 Å². The first-order chi connectivity index (χ1) is 12.2. The second kappa shape index (κ2) is 6.81. The van der Waals surface area contributed by atoms with Crippen molar-refractivity contribution in [2.24, 2.45) is 0 Å². The van der Waals surface area contributed by atoms with Gasteiger partial charge < -0.3 is 9.47 Å². The monoisotopic (exact) mass is 348 g/mol. The Hall–Kier alpha value is -2.46. The summed E-state index contributed by atoms with van der Waals surface area (Å²) in [5, 5.41) is 0.0815. The zero-order valence-electron chi connectivity index (χ0n) is 14.1. The third kappa shape index (κ3) is 3.22. The molecule has 25 heavy (non-hydrogen) atoms. The summed E-state index contributed by atoms with van der Waals surface area (Å²) in [5.41, 5.74) is 4.76. The molecular formula is C21H20N2OS. The first-order valence-electron chi connectivity index (χ1n) is 8.41. The van der Waals surface area contributed by atoms with Crippen molar-refractivity contribution in [3.05, 3.63) is 89.7 Å². The second-order valence-corrected chi connectivity index (χ2v) is 7.38. The van der Waals surface area contributed by atoms with E-state index in [4.69, 9.17) is 0 Å². The van der Waals surface area contributed by atoms with Gasteiger partial charge in [0.2, 0.25) is 5.91 Å². The molecule has 0 N–H and O–H groups in total. The van der Waals surface area contributed by atoms with Crippen LogP contribution >= 0.6 is 11.8 Å². The molecule has 1 aliphatic heterocycles. The summed E-state index contributed by atoms with van der Waals surface area (Å²) in [6.45, 7) is 2.78. The lowest BCUT2D eigenvalue weighted by molar-refractivity contribution is -0.128. The van der Waals surface area contributed by atoms with Crippen LogP contribution < -0.4 is 0 Å². The molecule has 1 aliphatic rings. The zero-order chi connectivity index (χ0) is 17.2. The quantitative estimate of drug-likeness (QED) is 0.690. The van der Waals surface area contributed by atoms with Crippen LogP contribution in [0.2, 0.25) is 0 Å². The number of aromatic nitrogens is 1. The largest absolute Gasteiger partial charge is 0.323 e. The van der Waals surface area contributed by atoms with Crippen molar-refractivity contribution in [2.45, 2.75) is 18.8 Å². The molecule has 4 heteroatoms. The summed E-state index contributed by atoms with van der Waals surface area (Å²) < 4.78 is 2.15. The first kappa shape index (κ1) is 16.0. The average Bonchev–Trinajstić information content (AvgIpc) is 3.24. The van der Waals surface area contributed by atoms with Crippen molar-refractivity contribution < 1.29 is 4.79 Å². The lowest BCUT2D eigenvalue weighted by Gasteiger charge is -2.23. The second-order valence-electron chi connectivity index (χ2n) is 6.31. The van der Waals surface area contributed by atoms with Crippen molar-refractivity contribution in [3.63, 3.8) is 0 Å². The predicted octanol–water partition coefficient (Wildman–Crippen LogP) is 4.56. The molecule has 1 fully saturated rings. The third-order valence-electron chi connectivity index (χ3n) is 4.56. The highest BCUT2D eigenvalue weighted by atomic mass is 32.2. The normalized spacial score (nSPS) is 17.2. The van der Waals surface area contributed by atoms with Crippen LogP contribution in [0.5, 0.6) is 0 Å². The van der Waals surface area contributed by atoms with Crippen molar-refractivity contribution >= 4 is 17.7 Å². The van der Waals surface area contributed by atoms with E-state index in [0.717, 1.165) is 0 Å². The summed E-state index contributed by atoms with van der Waals surface area (Å²) in [6.07, 6.45) is 4.23. The molecule has 2 heterocycles. The van der Waals surface area contributed by atoms with Gasteiger partial charge in [-0.3, -0.25) is 4.79 Å². The fourth-order valence-electron chi connectivity index (χ4n) is 3.24. The maximum Gasteiger partial charge on any atom is 0.234 e. The van der Waals surface area contributed by atoms with Crippen LogP contribution in [-0.4, -0.2) is 21.1 Å². The summed E-state index contributed by atoms with van der Waals surface area (Å²) in [7, 11) is 0. The number of para-hydroxylation sites is 1. The Bertz CT molecular complexity index is 888. The number of thioether (sulfide) groups is 1. The molecule has 0 radical (unpaired) electrons. The molecule has 2 aromatic carbocycles. The molecule has 0 saturated carbocycles. The predicted molar refractivity (Wildman–Crippen MR) is 103 cm³/mol. The molecule has 0 bridgehead atoms. The van der Waals surface area contributed by atoms with Crippen LogP contribution in [0.25, 0.3) is 5.69 Å². The van der Waals surface area contributed by atoms with Crippen LogP contribution in [0.15, 0.2) is 73.1 Å². The maximum absolute atomic E-state index is 12.4. The summed E-state index contributed by atoms with van der Waals surface area (Å²) in [5.74, 6) is 0.759. The number of aryl methyl sites for hydroxylation is 1. The average molecular weight is 348 g/mol. The SMILES string of the molecule is Cc1ccccc1-n1ccc(C2SCC(=O)N2Cc2ccccc2)c1. The van der Waals surface area contributed by atoms with Crippen molar-refractivity contribution in [1.29, 1.82) is 0 Å². The molecular weight excluding hydrogens is 328 g/mol. The van der Waals surface area contributed by atoms with E-state index in [2.05, 4.69) is 66.3 Å². The van der Waals surface area contributed by atoms with E-state index in [-0.39, 0.29) is 11.3 Å². The van der Waals surface area contributed by atoms with Gasteiger partial charge in [0.15, 0.2) is 0 Å². The lowest BCUT2D eigenvalue weighted by atomic mass is 10.2. The van der Waals surface area contributed by atoms with E-state index in [9.17, 15) is 4.79 Å². The van der Waals surface area contributed by atoms with Gasteiger partial charge in [0.05, 0.1) is 5.75 Å². The Kier molecular flexibility index (Phi) is 4.36. The topological polar surface area (TPSA) is 25.2 Å². The molecule has 3 aromatic rings. The number of nitrogens with zero attached hydrogens (tertiary/aromatic N) is 2. The van der Waals surface area contributed by atoms with E-state index in [1.807, 2.05) is 23.1 Å². The van der Waals surface area contributed by atoms with Crippen molar-refractivity contribution in [1.82, 2.24) is 9.47 Å². The molecule has 0 aliphatic carbocycles. The molecule has 0 spiro atoms. The van der Waals surface area contributed by atoms with Gasteiger partial charge >= 0.3 is 0 Å². The van der Waals surface area contributed by atoms with Gasteiger partial charge in [-0.25, -0.2) is 0 Å². The summed E-state index contributed by atoms with van der Waals surface area (Å²) >= 11 is 1.71. The minimum absolute atomic E-state index is 0.0815. The number of amides is 1. The number of hydrogen-bond acceptors (Lipinski definition) is 2. The number of benzene rings is 2. The molecule has 1 saturated heterocycles. The van der Waals surface area contributed by atoms with Gasteiger partial charge in [0, 0.05) is 30.2 Å². The van der Waals surface area contributed by atoms with Crippen LogP contribution in [0.4, 0.5) is 0 Å². The van der Waals surface area contributed by atoms with Gasteiger partial charge in [-0.1, -0.05) is 48.5 Å². The molecule has 1 aromatic heterocycles. The number of carbonyl (C=O) groups excluding carboxylic acids is 1. The van der Waals surface area contributed by atoms with E-state index < -0.39 is 0 Å². The highest BCUT2D eigenvalue weighted by Gasteiger charge is 2.33. The first-order valence-corrected chi connectivity index (χ1v) is 9.46. The lowest BCUT2D eigenvalue weighted by Crippen LogP contribution is -2.27. The smallest absolute Gasteiger partial charge is 0.234 e. The molecule has 126 valence electrons. The van der Waals surface area contributed by atoms with Gasteiger partial charge in [-0.2, -0.15) is 0 Å². The maximum atomic E-state index is 12.4. The van der Waals surface area contributed by atoms with Crippen LogP contribution in [0.1, 0.15) is 22.1 Å². The molecule has 4 rings (SSSR count). The van der Waals surface area contributed by atoms with Crippen LogP contribution in [-0.2, 0) is 11.3 Å². The minimum atomic E-state index is 0.0815. The van der Waals surface area contributed by atoms with Gasteiger partial charge in [-0.15, -0.1) is 11.8 Å². The fourth-order valence-corrected chi connectivity index (χ4v) is 4.41. The van der Waals surface area contributed by atoms with E-state index >= 15 is 0 Å². The fraction of sp³-hybridized carbons (Fsp3) is 0.190. The van der Waals surface area contributed by atoms with E-state index in [1.165, 1.54) is 22.4 Å². The van der Waals surface area contributed by atoms with Crippen LogP contribution in [0, 0.1) is 6.92 Å². The number of hydrogen-bond donors (Lipinski definition) is 0. The minimum Gasteiger partial charge on any atom is -0.323 e. The summed E-state index contributed by atoms with van der Waals surface area (Å²) in [6, 6.07) is 20.7. The van der Waals surface area contributed by atoms with E-state index in [1.54, 1.807) is 11.8 Å². The molecule has 1 unspecified atom stereocenters. The highest BCUT2D eigenvalue weighted by molar-refractivity contribution is 8.00. The van der Waals surface area contributed by atoms with Gasteiger partial charge in [0.1, 0.15) is 5.37 Å². The molecule has 1 amide bonds. The molecule has 1 atom stereocenters. The highest BCUT2D eigenvalue weighted by Crippen LogP contribution is 2.40. The summed E-state index contributed by atoms with van der Waals surface area (Å²) in [4.78, 5) is 14.4. The van der Waals surface area contributed by atoms with Gasteiger partial charge in [-0.05, 0) is 30.2 Å². The van der Waals surface area contributed by atoms with Gasteiger partial charge in [0.25, 0.3) is 0 Å². The van der Waals surface area contributed by atoms with E-state index in [0.29, 0.717) is 12.3 Å².